The van der Waals surface area contributed by atoms with Crippen LogP contribution in [0, 0.1) is 34.0 Å². The van der Waals surface area contributed by atoms with E-state index in [2.05, 4.69) is 20.8 Å². The molecule has 8 unspecified atom stereocenters. The Labute approximate surface area is 232 Å². The van der Waals surface area contributed by atoms with Gasteiger partial charge in [0.15, 0.2) is 0 Å². The van der Waals surface area contributed by atoms with Crippen LogP contribution in [0.15, 0.2) is 22.8 Å². The van der Waals surface area contributed by atoms with Crippen molar-refractivity contribution < 1.29 is 33.7 Å². The van der Waals surface area contributed by atoms with Crippen molar-refractivity contribution in [1.29, 1.82) is 0 Å². The van der Waals surface area contributed by atoms with E-state index in [9.17, 15) is 19.5 Å². The van der Waals surface area contributed by atoms with E-state index in [1.807, 2.05) is 13.8 Å². The Bertz CT molecular complexity index is 1130. The molecule has 7 heteroatoms. The topological polar surface area (TPSA) is 99.1 Å². The predicted molar refractivity (Wildman–Crippen MR) is 145 cm³/mol. The van der Waals surface area contributed by atoms with Gasteiger partial charge in [0, 0.05) is 30.3 Å². The molecule has 0 aromatic heterocycles. The number of hydrogen-bond acceptors (Lipinski definition) is 7. The van der Waals surface area contributed by atoms with Gasteiger partial charge in [0.1, 0.15) is 24.4 Å². The minimum atomic E-state index is -0.792. The number of aliphatic hydroxyl groups is 1. The van der Waals surface area contributed by atoms with E-state index in [1.165, 1.54) is 18.1 Å². The van der Waals surface area contributed by atoms with Crippen molar-refractivity contribution in [2.75, 3.05) is 6.61 Å². The van der Waals surface area contributed by atoms with Crippen LogP contribution in [0.2, 0.25) is 0 Å². The molecule has 2 heterocycles. The van der Waals surface area contributed by atoms with Crippen LogP contribution < -0.4 is 0 Å². The summed E-state index contributed by atoms with van der Waals surface area (Å²) >= 11 is 0. The largest absolute Gasteiger partial charge is 0.465 e. The Morgan fingerprint density at radius 2 is 1.79 bits per heavy atom. The summed E-state index contributed by atoms with van der Waals surface area (Å²) in [4.78, 5) is 37.2. The van der Waals surface area contributed by atoms with Crippen LogP contribution in [0.25, 0.3) is 0 Å². The van der Waals surface area contributed by atoms with Gasteiger partial charge in [-0.15, -0.1) is 0 Å². The summed E-state index contributed by atoms with van der Waals surface area (Å²) in [5.74, 6) is -0.438. The van der Waals surface area contributed by atoms with Crippen molar-refractivity contribution in [2.45, 2.75) is 118 Å². The fourth-order valence-electron chi connectivity index (χ4n) is 9.80. The number of ether oxygens (including phenoxy) is 3. The zero-order chi connectivity index (χ0) is 28.5. The molecule has 1 saturated heterocycles. The van der Waals surface area contributed by atoms with Crippen molar-refractivity contribution in [3.63, 3.8) is 0 Å². The van der Waals surface area contributed by atoms with Gasteiger partial charge in [0.25, 0.3) is 0 Å². The van der Waals surface area contributed by atoms with Gasteiger partial charge in [0.2, 0.25) is 0 Å². The predicted octanol–water partition coefficient (Wildman–Crippen LogP) is 5.44. The van der Waals surface area contributed by atoms with Crippen molar-refractivity contribution in [1.82, 2.24) is 0 Å². The molecule has 7 nitrogen and oxygen atoms in total. The van der Waals surface area contributed by atoms with Crippen LogP contribution in [-0.2, 0) is 28.6 Å². The quantitative estimate of drug-likeness (QED) is 0.287. The maximum Gasteiger partial charge on any atom is 0.333 e. The van der Waals surface area contributed by atoms with Crippen molar-refractivity contribution in [3.05, 3.63) is 22.8 Å². The van der Waals surface area contributed by atoms with Crippen LogP contribution in [0.1, 0.15) is 99.8 Å². The van der Waals surface area contributed by atoms with Crippen molar-refractivity contribution in [3.8, 4) is 0 Å². The van der Waals surface area contributed by atoms with Crippen LogP contribution in [-0.4, -0.2) is 47.4 Å². The first-order chi connectivity index (χ1) is 18.2. The highest BCUT2D eigenvalue weighted by Crippen LogP contribution is 2.71. The summed E-state index contributed by atoms with van der Waals surface area (Å²) in [6.07, 6.45) is 6.97. The lowest BCUT2D eigenvalue weighted by Crippen LogP contribution is -2.54. The number of hydrogen-bond donors (Lipinski definition) is 1. The molecule has 5 aliphatic rings. The van der Waals surface area contributed by atoms with E-state index in [0.29, 0.717) is 18.4 Å². The lowest BCUT2D eigenvalue weighted by atomic mass is 9.46. The minimum Gasteiger partial charge on any atom is -0.465 e. The fraction of sp³-hybridized carbons (Fsp3) is 0.781. The molecule has 2 aliphatic heterocycles. The second-order valence-corrected chi connectivity index (χ2v) is 14.0. The molecular formula is C32H46O7. The van der Waals surface area contributed by atoms with Crippen LogP contribution in [0.5, 0.6) is 0 Å². The van der Waals surface area contributed by atoms with Gasteiger partial charge in [-0.3, -0.25) is 9.59 Å². The third kappa shape index (κ3) is 4.20. The minimum absolute atomic E-state index is 0.0106. The zero-order valence-electron chi connectivity index (χ0n) is 24.7. The summed E-state index contributed by atoms with van der Waals surface area (Å²) in [7, 11) is 0. The first-order valence-electron chi connectivity index (χ1n) is 14.8. The van der Waals surface area contributed by atoms with Crippen LogP contribution in [0.4, 0.5) is 0 Å². The normalized spacial score (nSPS) is 42.2. The number of carbonyl (C=O) groups is 3. The Morgan fingerprint density at radius 3 is 2.49 bits per heavy atom. The van der Waals surface area contributed by atoms with Gasteiger partial charge in [-0.05, 0) is 94.5 Å². The number of allylic oxidation sites excluding steroid dienone is 1. The summed E-state index contributed by atoms with van der Waals surface area (Å²) in [5, 5.41) is 10.8. The van der Waals surface area contributed by atoms with Gasteiger partial charge < -0.3 is 19.3 Å². The van der Waals surface area contributed by atoms with E-state index in [0.717, 1.165) is 38.5 Å². The Morgan fingerprint density at radius 1 is 1.08 bits per heavy atom. The average Bonchev–Trinajstić information content (AvgIpc) is 3.08. The molecule has 39 heavy (non-hydrogen) atoms. The number of carbonyl (C=O) groups excluding carboxylic acids is 3. The number of rotatable bonds is 4. The molecule has 2 fully saturated rings. The summed E-state index contributed by atoms with van der Waals surface area (Å²) < 4.78 is 17.5. The first-order valence-corrected chi connectivity index (χ1v) is 14.8. The van der Waals surface area contributed by atoms with Crippen molar-refractivity contribution in [2.24, 2.45) is 34.0 Å². The number of fused-ring (bicyclic) bond motifs is 4. The summed E-state index contributed by atoms with van der Waals surface area (Å²) in [6, 6.07) is 0. The second-order valence-electron chi connectivity index (χ2n) is 14.0. The standard InChI is InChI=1S/C32H46O7/c1-18-16-24(34)27(38-28(18)36)19(2)21-10-13-31(7)22-8-9-25-29(4,5)39-26(35)12-15-32(25,17-37-20(3)33)23(22)11-14-30(21,31)6/h16,19,21,24-25,27,34H,8-15,17H2,1-7H3. The monoisotopic (exact) mass is 542 g/mol. The third-order valence-corrected chi connectivity index (χ3v) is 11.9. The molecule has 0 bridgehead atoms. The smallest absolute Gasteiger partial charge is 0.333 e. The molecule has 8 atom stereocenters. The lowest BCUT2D eigenvalue weighted by molar-refractivity contribution is -0.165. The number of aliphatic hydroxyl groups excluding tert-OH is 1. The zero-order valence-corrected chi connectivity index (χ0v) is 24.7. The molecule has 3 aliphatic carbocycles. The highest BCUT2D eigenvalue weighted by Gasteiger charge is 2.65. The summed E-state index contributed by atoms with van der Waals surface area (Å²) in [6.45, 7) is 14.4. The van der Waals surface area contributed by atoms with Gasteiger partial charge >= 0.3 is 17.9 Å². The first kappa shape index (κ1) is 28.4. The molecule has 1 saturated carbocycles. The molecule has 0 amide bonds. The molecule has 0 radical (unpaired) electrons. The van der Waals surface area contributed by atoms with Gasteiger partial charge in [-0.2, -0.15) is 0 Å². The Kier molecular flexibility index (Phi) is 6.88. The van der Waals surface area contributed by atoms with Gasteiger partial charge in [0.05, 0.1) is 0 Å². The highest BCUT2D eigenvalue weighted by molar-refractivity contribution is 5.88. The van der Waals surface area contributed by atoms with Crippen LogP contribution >= 0.6 is 0 Å². The summed E-state index contributed by atoms with van der Waals surface area (Å²) in [5.41, 5.74) is 2.18. The number of cyclic esters (lactones) is 2. The molecule has 0 aromatic rings. The molecule has 0 aromatic carbocycles. The highest BCUT2D eigenvalue weighted by atomic mass is 16.6. The molecule has 216 valence electrons. The Hall–Kier alpha value is -2.15. The third-order valence-electron chi connectivity index (χ3n) is 11.9. The Balaban J connectivity index is 1.55. The van der Waals surface area contributed by atoms with E-state index in [-0.39, 0.29) is 53.1 Å². The van der Waals surface area contributed by atoms with Crippen molar-refractivity contribution >= 4 is 17.9 Å². The molecule has 1 N–H and O–H groups in total. The number of esters is 3. The molecular weight excluding hydrogens is 496 g/mol. The van der Waals surface area contributed by atoms with E-state index in [4.69, 9.17) is 14.2 Å². The second kappa shape index (κ2) is 9.46. The lowest BCUT2D eigenvalue weighted by Gasteiger charge is -2.59. The van der Waals surface area contributed by atoms with E-state index >= 15 is 0 Å². The van der Waals surface area contributed by atoms with E-state index in [1.54, 1.807) is 13.0 Å². The van der Waals surface area contributed by atoms with Gasteiger partial charge in [-0.25, -0.2) is 4.79 Å². The van der Waals surface area contributed by atoms with E-state index < -0.39 is 23.2 Å². The average molecular weight is 543 g/mol. The van der Waals surface area contributed by atoms with Crippen LogP contribution in [0.3, 0.4) is 0 Å². The molecule has 0 spiro atoms. The molecule has 5 rings (SSSR count). The maximum atomic E-state index is 12.7. The van der Waals surface area contributed by atoms with Gasteiger partial charge in [-0.1, -0.05) is 31.9 Å². The SMILES string of the molecule is CC(=O)OCC12CCC(=O)OC(C)(C)C1CCC1=C2CCC2(C)C(C(C)C3OC(=O)C(C)=CC3O)CCC12C. The maximum absolute atomic E-state index is 12.7. The fourth-order valence-corrected chi connectivity index (χ4v) is 9.80.